The zero-order valence-corrected chi connectivity index (χ0v) is 15.9. The van der Waals surface area contributed by atoms with Crippen molar-refractivity contribution >= 4 is 33.9 Å². The van der Waals surface area contributed by atoms with Crippen LogP contribution in [0.5, 0.6) is 0 Å². The monoisotopic (exact) mass is 378 g/mol. The molecule has 2 aromatic carbocycles. The van der Waals surface area contributed by atoms with Gasteiger partial charge in [0.1, 0.15) is 0 Å². The van der Waals surface area contributed by atoms with Crippen molar-refractivity contribution in [2.75, 3.05) is 13.1 Å². The molecular formula is C22H22N2O2S. The highest BCUT2D eigenvalue weighted by atomic mass is 32.1. The molecule has 0 saturated carbocycles. The number of hydrogen-bond donors (Lipinski definition) is 1. The number of likely N-dealkylation sites (tertiary alicyclic amines) is 1. The molecule has 138 valence electrons. The Labute approximate surface area is 162 Å². The summed E-state index contributed by atoms with van der Waals surface area (Å²) in [7, 11) is 0. The topological polar surface area (TPSA) is 49.4 Å². The Balaban J connectivity index is 1.33. The van der Waals surface area contributed by atoms with Gasteiger partial charge >= 0.3 is 0 Å². The summed E-state index contributed by atoms with van der Waals surface area (Å²) in [6, 6.07) is 18.0. The van der Waals surface area contributed by atoms with E-state index in [-0.39, 0.29) is 17.9 Å². The van der Waals surface area contributed by atoms with E-state index in [1.807, 2.05) is 53.4 Å². The van der Waals surface area contributed by atoms with Crippen LogP contribution in [-0.2, 0) is 4.79 Å². The van der Waals surface area contributed by atoms with Crippen LogP contribution in [0.4, 0.5) is 0 Å². The van der Waals surface area contributed by atoms with Gasteiger partial charge in [-0.25, -0.2) is 0 Å². The summed E-state index contributed by atoms with van der Waals surface area (Å²) in [5, 5.41) is 7.09. The lowest BCUT2D eigenvalue weighted by molar-refractivity contribution is -0.131. The molecule has 4 nitrogen and oxygen atoms in total. The molecule has 1 aliphatic rings. The van der Waals surface area contributed by atoms with Crippen LogP contribution < -0.4 is 5.32 Å². The molecule has 1 saturated heterocycles. The van der Waals surface area contributed by atoms with E-state index in [1.54, 1.807) is 11.3 Å². The highest BCUT2D eigenvalue weighted by Crippen LogP contribution is 2.34. The fraction of sp³-hybridized carbons (Fsp3) is 0.273. The maximum Gasteiger partial charge on any atom is 0.251 e. The van der Waals surface area contributed by atoms with E-state index in [4.69, 9.17) is 0 Å². The third kappa shape index (κ3) is 3.88. The number of benzene rings is 2. The zero-order chi connectivity index (χ0) is 18.6. The average molecular weight is 378 g/mol. The quantitative estimate of drug-likeness (QED) is 0.716. The van der Waals surface area contributed by atoms with Gasteiger partial charge in [0.25, 0.3) is 5.91 Å². The fourth-order valence-electron chi connectivity index (χ4n) is 3.70. The molecule has 0 aliphatic carbocycles. The molecule has 3 aromatic rings. The van der Waals surface area contributed by atoms with Crippen LogP contribution in [0.2, 0.25) is 0 Å². The van der Waals surface area contributed by atoms with Crippen molar-refractivity contribution in [3.63, 3.8) is 0 Å². The van der Waals surface area contributed by atoms with E-state index in [0.29, 0.717) is 18.5 Å². The molecule has 2 heterocycles. The third-order valence-corrected chi connectivity index (χ3v) is 6.05. The van der Waals surface area contributed by atoms with Crippen LogP contribution in [0.25, 0.3) is 10.8 Å². The highest BCUT2D eigenvalue weighted by Gasteiger charge is 2.30. The largest absolute Gasteiger partial charge is 0.352 e. The van der Waals surface area contributed by atoms with Crippen LogP contribution >= 0.6 is 11.3 Å². The fourth-order valence-corrected chi connectivity index (χ4v) is 4.57. The third-order valence-electron chi connectivity index (χ3n) is 5.08. The number of carbonyl (C=O) groups excluding carboxylic acids is 2. The normalized spacial score (nSPS) is 16.6. The summed E-state index contributed by atoms with van der Waals surface area (Å²) in [6.07, 6.45) is 2.40. The SMILES string of the molecule is O=C(NCCC(=O)N1CCCC1c1cccs1)c1ccc2ccccc2c1. The maximum atomic E-state index is 12.6. The van der Waals surface area contributed by atoms with Crippen molar-refractivity contribution in [3.05, 3.63) is 70.4 Å². The van der Waals surface area contributed by atoms with Gasteiger partial charge in [-0.1, -0.05) is 36.4 Å². The second kappa shape index (κ2) is 7.92. The summed E-state index contributed by atoms with van der Waals surface area (Å²) >= 11 is 1.70. The summed E-state index contributed by atoms with van der Waals surface area (Å²) < 4.78 is 0. The van der Waals surface area contributed by atoms with Gasteiger partial charge in [-0.15, -0.1) is 11.3 Å². The Morgan fingerprint density at radius 2 is 1.93 bits per heavy atom. The molecule has 1 aliphatic heterocycles. The molecule has 1 aromatic heterocycles. The van der Waals surface area contributed by atoms with E-state index in [9.17, 15) is 9.59 Å². The van der Waals surface area contributed by atoms with Gasteiger partial charge in [-0.2, -0.15) is 0 Å². The Morgan fingerprint density at radius 3 is 2.74 bits per heavy atom. The first-order valence-corrected chi connectivity index (χ1v) is 10.2. The number of thiophene rings is 1. The van der Waals surface area contributed by atoms with Crippen molar-refractivity contribution < 1.29 is 9.59 Å². The minimum atomic E-state index is -0.134. The first-order valence-electron chi connectivity index (χ1n) is 9.32. The van der Waals surface area contributed by atoms with Crippen LogP contribution in [0, 0.1) is 0 Å². The summed E-state index contributed by atoms with van der Waals surface area (Å²) in [4.78, 5) is 28.2. The van der Waals surface area contributed by atoms with Crippen molar-refractivity contribution in [1.29, 1.82) is 0 Å². The Kier molecular flexibility index (Phi) is 5.21. The number of hydrogen-bond acceptors (Lipinski definition) is 3. The number of fused-ring (bicyclic) bond motifs is 1. The summed E-state index contributed by atoms with van der Waals surface area (Å²) in [6.45, 7) is 1.16. The molecule has 0 spiro atoms. The summed E-state index contributed by atoms with van der Waals surface area (Å²) in [5.41, 5.74) is 0.624. The van der Waals surface area contributed by atoms with E-state index in [1.165, 1.54) is 4.88 Å². The lowest BCUT2D eigenvalue weighted by atomic mass is 10.1. The van der Waals surface area contributed by atoms with Gasteiger partial charge in [0.2, 0.25) is 5.91 Å². The molecule has 1 atom stereocenters. The molecule has 2 amide bonds. The Bertz CT molecular complexity index is 952. The number of amides is 2. The predicted molar refractivity (Wildman–Crippen MR) is 109 cm³/mol. The first kappa shape index (κ1) is 17.7. The minimum absolute atomic E-state index is 0.115. The summed E-state index contributed by atoms with van der Waals surface area (Å²) in [5.74, 6) is -0.0190. The second-order valence-electron chi connectivity index (χ2n) is 6.83. The highest BCUT2D eigenvalue weighted by molar-refractivity contribution is 7.10. The number of nitrogens with one attached hydrogen (secondary N) is 1. The van der Waals surface area contributed by atoms with Crippen molar-refractivity contribution in [2.24, 2.45) is 0 Å². The molecule has 1 fully saturated rings. The number of nitrogens with zero attached hydrogens (tertiary/aromatic N) is 1. The average Bonchev–Trinajstić information content (AvgIpc) is 3.38. The van der Waals surface area contributed by atoms with Gasteiger partial charge in [-0.05, 0) is 47.2 Å². The van der Waals surface area contributed by atoms with Crippen LogP contribution in [0.15, 0.2) is 60.0 Å². The standard InChI is InChI=1S/C22H22N2O2S/c25-21(24-13-3-7-19(24)20-8-4-14-27-20)11-12-23-22(26)18-10-9-16-5-1-2-6-17(16)15-18/h1-2,4-6,8-10,14-15,19H,3,7,11-13H2,(H,23,26). The lowest BCUT2D eigenvalue weighted by Crippen LogP contribution is -2.34. The van der Waals surface area contributed by atoms with Gasteiger partial charge in [0, 0.05) is 30.0 Å². The lowest BCUT2D eigenvalue weighted by Gasteiger charge is -2.24. The van der Waals surface area contributed by atoms with E-state index >= 15 is 0 Å². The minimum Gasteiger partial charge on any atom is -0.352 e. The van der Waals surface area contributed by atoms with Crippen LogP contribution in [-0.4, -0.2) is 29.8 Å². The van der Waals surface area contributed by atoms with Crippen molar-refractivity contribution in [1.82, 2.24) is 10.2 Å². The molecule has 1 unspecified atom stereocenters. The van der Waals surface area contributed by atoms with E-state index in [2.05, 4.69) is 16.8 Å². The zero-order valence-electron chi connectivity index (χ0n) is 15.1. The van der Waals surface area contributed by atoms with Gasteiger partial charge in [0.15, 0.2) is 0 Å². The second-order valence-corrected chi connectivity index (χ2v) is 7.81. The van der Waals surface area contributed by atoms with Crippen molar-refractivity contribution in [2.45, 2.75) is 25.3 Å². The van der Waals surface area contributed by atoms with Crippen LogP contribution in [0.1, 0.15) is 40.5 Å². The Morgan fingerprint density at radius 1 is 1.07 bits per heavy atom. The molecule has 0 radical (unpaired) electrons. The predicted octanol–water partition coefficient (Wildman–Crippen LogP) is 4.38. The van der Waals surface area contributed by atoms with E-state index < -0.39 is 0 Å². The molecule has 5 heteroatoms. The molecular weight excluding hydrogens is 356 g/mol. The van der Waals surface area contributed by atoms with Gasteiger partial charge in [-0.3, -0.25) is 9.59 Å². The van der Waals surface area contributed by atoms with E-state index in [0.717, 1.165) is 30.2 Å². The molecule has 27 heavy (non-hydrogen) atoms. The van der Waals surface area contributed by atoms with Crippen molar-refractivity contribution in [3.8, 4) is 0 Å². The van der Waals surface area contributed by atoms with Gasteiger partial charge in [0.05, 0.1) is 6.04 Å². The smallest absolute Gasteiger partial charge is 0.251 e. The van der Waals surface area contributed by atoms with Gasteiger partial charge < -0.3 is 10.2 Å². The molecule has 1 N–H and O–H groups in total. The number of rotatable bonds is 5. The maximum absolute atomic E-state index is 12.6. The first-order chi connectivity index (χ1) is 13.2. The Hall–Kier alpha value is -2.66. The number of carbonyl (C=O) groups is 2. The van der Waals surface area contributed by atoms with Crippen LogP contribution in [0.3, 0.4) is 0 Å². The molecule has 0 bridgehead atoms. The molecule has 4 rings (SSSR count).